The van der Waals surface area contributed by atoms with Crippen molar-refractivity contribution >= 4 is 20.3 Å². The van der Waals surface area contributed by atoms with Gasteiger partial charge in [0.05, 0.1) is 0 Å². The Morgan fingerprint density at radius 1 is 0.860 bits per heavy atom. The van der Waals surface area contributed by atoms with E-state index in [-0.39, 0.29) is 42.8 Å². The smallest absolute Gasteiger partial charge is 0.429 e. The summed E-state index contributed by atoms with van der Waals surface area (Å²) in [4.78, 5) is 22.8. The Kier molecular flexibility index (Phi) is 14.8. The summed E-state index contributed by atoms with van der Waals surface area (Å²) in [6, 6.07) is 0.449. The lowest BCUT2D eigenvalue weighted by atomic mass is 9.83. The minimum Gasteiger partial charge on any atom is -0.462 e. The van der Waals surface area contributed by atoms with E-state index in [4.69, 9.17) is 13.9 Å². The number of halogens is 6. The number of esters is 2. The molecule has 0 aromatic heterocycles. The summed E-state index contributed by atoms with van der Waals surface area (Å²) in [6.07, 6.45) is -1.84. The number of hydrogen-bond acceptors (Lipinski definition) is 5. The highest BCUT2D eigenvalue weighted by molar-refractivity contribution is 6.73. The molecule has 0 bridgehead atoms. The van der Waals surface area contributed by atoms with E-state index >= 15 is 0 Å². The Labute approximate surface area is 253 Å². The van der Waals surface area contributed by atoms with Gasteiger partial charge in [-0.3, -0.25) is 9.59 Å². The molecule has 0 radical (unpaired) electrons. The van der Waals surface area contributed by atoms with Gasteiger partial charge in [-0.05, 0) is 55.3 Å². The zero-order valence-electron chi connectivity index (χ0n) is 26.4. The van der Waals surface area contributed by atoms with Crippen molar-refractivity contribution in [3.8, 4) is 0 Å². The molecule has 5 nitrogen and oxygen atoms in total. The fourth-order valence-electron chi connectivity index (χ4n) is 5.37. The SMILES string of the molecule is CC[Si](CC)(CC)OC(/C=C\CC(C)(C)CCC/C=C/C=C1C[C@@H](OC(C)=O)C[C@H](OC(C)=O)C1)(C(F)(F)F)C(F)(F)F. The van der Waals surface area contributed by atoms with Crippen LogP contribution in [0.4, 0.5) is 26.3 Å². The summed E-state index contributed by atoms with van der Waals surface area (Å²) in [7, 11) is -3.28. The van der Waals surface area contributed by atoms with Crippen molar-refractivity contribution in [1.82, 2.24) is 0 Å². The van der Waals surface area contributed by atoms with Crippen LogP contribution in [0.15, 0.2) is 36.0 Å². The van der Waals surface area contributed by atoms with Gasteiger partial charge in [-0.15, -0.1) is 0 Å². The molecule has 0 aromatic carbocycles. The normalized spacial score (nSPS) is 19.2. The number of alkyl halides is 6. The number of unbranched alkanes of at least 4 members (excludes halogenated alkanes) is 1. The molecule has 0 aromatic rings. The van der Waals surface area contributed by atoms with E-state index in [9.17, 15) is 35.9 Å². The highest BCUT2D eigenvalue weighted by Crippen LogP contribution is 2.50. The molecular weight excluding hydrogens is 594 g/mol. The van der Waals surface area contributed by atoms with Gasteiger partial charge in [-0.2, -0.15) is 26.3 Å². The molecule has 1 saturated carbocycles. The van der Waals surface area contributed by atoms with Crippen molar-refractivity contribution in [2.45, 2.75) is 142 Å². The minimum absolute atomic E-state index is 0.0199. The van der Waals surface area contributed by atoms with Crippen LogP contribution in [-0.4, -0.2) is 50.4 Å². The van der Waals surface area contributed by atoms with Crippen LogP contribution in [0.2, 0.25) is 18.1 Å². The Balaban J connectivity index is 2.89. The predicted molar refractivity (Wildman–Crippen MR) is 157 cm³/mol. The van der Waals surface area contributed by atoms with Crippen LogP contribution in [-0.2, 0) is 23.5 Å². The Bertz CT molecular complexity index is 947. The molecule has 0 N–H and O–H groups in total. The number of carbonyl (C=O) groups is 2. The van der Waals surface area contributed by atoms with E-state index in [1.54, 1.807) is 20.8 Å². The molecule has 0 aliphatic heterocycles. The number of allylic oxidation sites excluding steroid dienone is 4. The molecule has 2 atom stereocenters. The lowest BCUT2D eigenvalue weighted by Gasteiger charge is -2.42. The topological polar surface area (TPSA) is 61.8 Å². The van der Waals surface area contributed by atoms with Crippen molar-refractivity contribution in [2.75, 3.05) is 0 Å². The zero-order chi connectivity index (χ0) is 33.1. The first-order valence-electron chi connectivity index (χ1n) is 15.0. The number of hydrogen-bond donors (Lipinski definition) is 0. The monoisotopic (exact) mass is 642 g/mol. The van der Waals surface area contributed by atoms with Crippen LogP contribution in [0.5, 0.6) is 0 Å². The van der Waals surface area contributed by atoms with Crippen LogP contribution < -0.4 is 0 Å². The van der Waals surface area contributed by atoms with Gasteiger partial charge in [-0.25, -0.2) is 0 Å². The maximum absolute atomic E-state index is 14.1. The fraction of sp³-hybridized carbons (Fsp3) is 0.742. The first-order chi connectivity index (χ1) is 19.7. The molecule has 1 aliphatic rings. The van der Waals surface area contributed by atoms with Crippen molar-refractivity contribution in [3.05, 3.63) is 36.0 Å². The highest BCUT2D eigenvalue weighted by atomic mass is 28.4. The maximum atomic E-state index is 14.1. The largest absolute Gasteiger partial charge is 0.462 e. The van der Waals surface area contributed by atoms with E-state index in [2.05, 4.69) is 0 Å². The summed E-state index contributed by atoms with van der Waals surface area (Å²) in [5.74, 6) is -0.817. The maximum Gasteiger partial charge on any atom is 0.429 e. The molecule has 12 heteroatoms. The molecule has 1 fully saturated rings. The van der Waals surface area contributed by atoms with Gasteiger partial charge in [0.1, 0.15) is 12.2 Å². The standard InChI is InChI=1S/C31H48F6O5Si/c1-8-43(9-2,10-3)42-29(30(32,33)34,31(35,36)37)19-15-18-28(6,7)17-14-12-11-13-16-25-20-26(40-23(4)38)22-27(21-25)41-24(5)39/h11,13,15-16,19,26-27H,8-10,12,14,17-18,20-22H2,1-7H3/b13-11+,19-15-/t26-,27-/m1/s1. The average molecular weight is 643 g/mol. The molecular formula is C31H48F6O5Si. The van der Waals surface area contributed by atoms with Crippen LogP contribution in [0, 0.1) is 5.41 Å². The van der Waals surface area contributed by atoms with Crippen LogP contribution in [0.1, 0.15) is 93.4 Å². The minimum atomic E-state index is -5.66. The molecule has 248 valence electrons. The quantitative estimate of drug-likeness (QED) is 0.0585. The fourth-order valence-corrected chi connectivity index (χ4v) is 8.28. The third-order valence-electron chi connectivity index (χ3n) is 8.04. The first-order valence-corrected chi connectivity index (χ1v) is 17.5. The number of ether oxygens (including phenoxy) is 2. The molecule has 0 heterocycles. The highest BCUT2D eigenvalue weighted by Gasteiger charge is 2.72. The summed E-state index contributed by atoms with van der Waals surface area (Å²) in [5.41, 5.74) is -3.91. The third-order valence-corrected chi connectivity index (χ3v) is 12.7. The van der Waals surface area contributed by atoms with Gasteiger partial charge >= 0.3 is 24.3 Å². The molecule has 1 rings (SSSR count). The summed E-state index contributed by atoms with van der Waals surface area (Å²) in [5, 5.41) is 0. The summed E-state index contributed by atoms with van der Waals surface area (Å²) in [6.45, 7) is 11.0. The van der Waals surface area contributed by atoms with Crippen molar-refractivity contribution in [2.24, 2.45) is 5.41 Å². The van der Waals surface area contributed by atoms with Crippen LogP contribution in [0.3, 0.4) is 0 Å². The lowest BCUT2D eigenvalue weighted by molar-refractivity contribution is -0.341. The second kappa shape index (κ2) is 16.3. The van der Waals surface area contributed by atoms with Crippen LogP contribution >= 0.6 is 0 Å². The first kappa shape index (κ1) is 38.9. The summed E-state index contributed by atoms with van der Waals surface area (Å²) < 4.78 is 100. The Hall–Kier alpha value is -2.08. The van der Waals surface area contributed by atoms with Gasteiger partial charge in [0, 0.05) is 33.1 Å². The molecule has 0 unspecified atom stereocenters. The number of carbonyl (C=O) groups excluding carboxylic acids is 2. The van der Waals surface area contributed by atoms with Crippen molar-refractivity contribution in [1.29, 1.82) is 0 Å². The number of rotatable bonds is 15. The molecule has 43 heavy (non-hydrogen) atoms. The van der Waals surface area contributed by atoms with Crippen molar-refractivity contribution < 1.29 is 49.8 Å². The van der Waals surface area contributed by atoms with E-state index in [1.807, 2.05) is 32.1 Å². The lowest BCUT2D eigenvalue weighted by Crippen LogP contribution is -2.62. The summed E-state index contributed by atoms with van der Waals surface area (Å²) >= 11 is 0. The van der Waals surface area contributed by atoms with Gasteiger partial charge < -0.3 is 13.9 Å². The zero-order valence-corrected chi connectivity index (χ0v) is 27.4. The van der Waals surface area contributed by atoms with Crippen molar-refractivity contribution in [3.63, 3.8) is 0 Å². The van der Waals surface area contributed by atoms with Gasteiger partial charge in [0.15, 0.2) is 8.32 Å². The molecule has 0 saturated heterocycles. The Morgan fingerprint density at radius 2 is 1.35 bits per heavy atom. The van der Waals surface area contributed by atoms with Gasteiger partial charge in [0.25, 0.3) is 5.60 Å². The van der Waals surface area contributed by atoms with Gasteiger partial charge in [0.2, 0.25) is 0 Å². The average Bonchev–Trinajstić information content (AvgIpc) is 2.86. The van der Waals surface area contributed by atoms with E-state index in [0.717, 1.165) is 11.6 Å². The second-order valence-electron chi connectivity index (χ2n) is 12.1. The van der Waals surface area contributed by atoms with Crippen LogP contribution in [0.25, 0.3) is 0 Å². The molecule has 1 aliphatic carbocycles. The third kappa shape index (κ3) is 12.1. The molecule has 0 amide bonds. The van der Waals surface area contributed by atoms with E-state index in [1.165, 1.54) is 13.8 Å². The van der Waals surface area contributed by atoms with E-state index < -0.39 is 43.6 Å². The molecule has 0 spiro atoms. The van der Waals surface area contributed by atoms with E-state index in [0.29, 0.717) is 38.5 Å². The Morgan fingerprint density at radius 3 is 1.77 bits per heavy atom. The van der Waals surface area contributed by atoms with Gasteiger partial charge in [-0.1, -0.05) is 64.5 Å². The predicted octanol–water partition coefficient (Wildman–Crippen LogP) is 9.54. The second-order valence-corrected chi connectivity index (χ2v) is 16.8.